The van der Waals surface area contributed by atoms with Gasteiger partial charge in [-0.2, -0.15) is 0 Å². The predicted molar refractivity (Wildman–Crippen MR) is 141 cm³/mol. The van der Waals surface area contributed by atoms with Crippen molar-refractivity contribution in [3.8, 4) is 11.3 Å². The van der Waals surface area contributed by atoms with Crippen LogP contribution in [0.15, 0.2) is 36.5 Å². The van der Waals surface area contributed by atoms with Crippen molar-refractivity contribution < 1.29 is 9.90 Å². The quantitative estimate of drug-likeness (QED) is 0.491. The lowest BCUT2D eigenvalue weighted by Gasteiger charge is -2.50. The summed E-state index contributed by atoms with van der Waals surface area (Å²) in [6.07, 6.45) is 3.87. The van der Waals surface area contributed by atoms with Crippen molar-refractivity contribution in [2.75, 3.05) is 26.2 Å². The highest BCUT2D eigenvalue weighted by Gasteiger charge is 2.46. The SMILES string of the molecule is Cc1cc(-c2[nH]c3ccc(C(C)(C)C(=O)NCC4(O)CN5CCC4CC5)cc3c2C(C)C)ccn1. The Balaban J connectivity index is 1.43. The molecule has 2 bridgehead atoms. The molecule has 3 aliphatic heterocycles. The van der Waals surface area contributed by atoms with Gasteiger partial charge in [0.05, 0.1) is 16.7 Å². The number of rotatable bonds is 6. The standard InChI is InChI=1S/C29H38N4O2/c1-18(2)25-23-15-22(6-7-24(23)32-26(25)20-8-11-30-19(3)14-20)28(4,5)27(34)31-16-29(35)17-33-12-9-21(29)10-13-33/h6-8,11,14-15,18,21,32,35H,9-10,12-13,16-17H2,1-5H3,(H,31,34). The summed E-state index contributed by atoms with van der Waals surface area (Å²) in [5.74, 6) is 0.537. The lowest BCUT2D eigenvalue weighted by Crippen LogP contribution is -2.63. The van der Waals surface area contributed by atoms with E-state index in [9.17, 15) is 9.90 Å². The number of aryl methyl sites for hydroxylation is 1. The van der Waals surface area contributed by atoms with Gasteiger partial charge in [0, 0.05) is 41.4 Å². The Morgan fingerprint density at radius 2 is 2.00 bits per heavy atom. The number of piperidine rings is 3. The molecule has 0 aliphatic carbocycles. The van der Waals surface area contributed by atoms with Gasteiger partial charge in [-0.05, 0) is 93.9 Å². The molecule has 186 valence electrons. The molecule has 1 unspecified atom stereocenters. The number of fused-ring (bicyclic) bond motifs is 4. The van der Waals surface area contributed by atoms with E-state index in [2.05, 4.69) is 52.2 Å². The Labute approximate surface area is 208 Å². The molecular weight excluding hydrogens is 436 g/mol. The number of amides is 1. The summed E-state index contributed by atoms with van der Waals surface area (Å²) >= 11 is 0. The summed E-state index contributed by atoms with van der Waals surface area (Å²) in [6, 6.07) is 10.5. The maximum Gasteiger partial charge on any atom is 0.230 e. The summed E-state index contributed by atoms with van der Waals surface area (Å²) in [7, 11) is 0. The highest BCUT2D eigenvalue weighted by Crippen LogP contribution is 2.38. The van der Waals surface area contributed by atoms with Crippen LogP contribution in [0.1, 0.15) is 63.3 Å². The first-order valence-electron chi connectivity index (χ1n) is 12.9. The van der Waals surface area contributed by atoms with Crippen LogP contribution in [0.2, 0.25) is 0 Å². The highest BCUT2D eigenvalue weighted by atomic mass is 16.3. The van der Waals surface area contributed by atoms with Crippen LogP contribution < -0.4 is 5.32 Å². The first-order valence-corrected chi connectivity index (χ1v) is 12.9. The van der Waals surface area contributed by atoms with E-state index in [4.69, 9.17) is 0 Å². The summed E-state index contributed by atoms with van der Waals surface area (Å²) in [5, 5.41) is 15.5. The fraction of sp³-hybridized carbons (Fsp3) is 0.517. The molecule has 1 amide bonds. The van der Waals surface area contributed by atoms with Crippen molar-refractivity contribution >= 4 is 16.8 Å². The molecule has 35 heavy (non-hydrogen) atoms. The number of hydrogen-bond acceptors (Lipinski definition) is 4. The molecule has 3 fully saturated rings. The van der Waals surface area contributed by atoms with Crippen molar-refractivity contribution in [2.24, 2.45) is 5.92 Å². The van der Waals surface area contributed by atoms with Crippen LogP contribution in [-0.2, 0) is 10.2 Å². The Kier molecular flexibility index (Phi) is 6.01. The average molecular weight is 475 g/mol. The molecule has 0 spiro atoms. The number of aliphatic hydroxyl groups is 1. The van der Waals surface area contributed by atoms with E-state index < -0.39 is 11.0 Å². The van der Waals surface area contributed by atoms with Gasteiger partial charge in [0.2, 0.25) is 5.91 Å². The van der Waals surface area contributed by atoms with Gasteiger partial charge < -0.3 is 20.3 Å². The lowest BCUT2D eigenvalue weighted by atomic mass is 9.75. The van der Waals surface area contributed by atoms with Crippen molar-refractivity contribution in [3.05, 3.63) is 53.3 Å². The topological polar surface area (TPSA) is 81.2 Å². The molecule has 2 aromatic heterocycles. The molecular formula is C29H38N4O2. The van der Waals surface area contributed by atoms with Crippen molar-refractivity contribution in [2.45, 2.75) is 64.4 Å². The van der Waals surface area contributed by atoms with Gasteiger partial charge in [-0.1, -0.05) is 19.9 Å². The largest absolute Gasteiger partial charge is 0.386 e. The summed E-state index contributed by atoms with van der Waals surface area (Å²) in [6.45, 7) is 13.4. The minimum absolute atomic E-state index is 0.0478. The number of carbonyl (C=O) groups is 1. The maximum atomic E-state index is 13.4. The lowest BCUT2D eigenvalue weighted by molar-refractivity contribution is -0.133. The zero-order chi connectivity index (χ0) is 25.0. The third-order valence-electron chi connectivity index (χ3n) is 8.29. The number of nitrogens with zero attached hydrogens (tertiary/aromatic N) is 2. The molecule has 3 aliphatic rings. The van der Waals surface area contributed by atoms with Crippen LogP contribution in [0.3, 0.4) is 0 Å². The molecule has 0 saturated carbocycles. The third-order valence-corrected chi connectivity index (χ3v) is 8.29. The van der Waals surface area contributed by atoms with Crippen LogP contribution >= 0.6 is 0 Å². The molecule has 3 N–H and O–H groups in total. The number of hydrogen-bond donors (Lipinski definition) is 3. The molecule has 1 atom stereocenters. The zero-order valence-corrected chi connectivity index (χ0v) is 21.6. The first-order chi connectivity index (χ1) is 16.6. The smallest absolute Gasteiger partial charge is 0.230 e. The third kappa shape index (κ3) is 4.27. The average Bonchev–Trinajstić information content (AvgIpc) is 3.22. The molecule has 3 aromatic rings. The van der Waals surface area contributed by atoms with Gasteiger partial charge in [0.15, 0.2) is 0 Å². The number of nitrogens with one attached hydrogen (secondary N) is 2. The van der Waals surface area contributed by atoms with E-state index in [0.717, 1.165) is 59.3 Å². The van der Waals surface area contributed by atoms with Crippen molar-refractivity contribution in [1.29, 1.82) is 0 Å². The minimum Gasteiger partial charge on any atom is -0.386 e. The summed E-state index contributed by atoms with van der Waals surface area (Å²) in [4.78, 5) is 23.7. The van der Waals surface area contributed by atoms with E-state index in [0.29, 0.717) is 19.0 Å². The van der Waals surface area contributed by atoms with Crippen molar-refractivity contribution in [1.82, 2.24) is 20.2 Å². The van der Waals surface area contributed by atoms with E-state index >= 15 is 0 Å². The highest BCUT2D eigenvalue weighted by molar-refractivity contribution is 5.94. The number of carbonyl (C=O) groups excluding carboxylic acids is 1. The molecule has 0 radical (unpaired) electrons. The van der Waals surface area contributed by atoms with Crippen LogP contribution in [0.5, 0.6) is 0 Å². The van der Waals surface area contributed by atoms with E-state index in [1.165, 1.54) is 5.56 Å². The molecule has 6 heteroatoms. The number of H-pyrrole nitrogens is 1. The van der Waals surface area contributed by atoms with Gasteiger partial charge >= 0.3 is 0 Å². The van der Waals surface area contributed by atoms with Crippen LogP contribution in [0.25, 0.3) is 22.2 Å². The fourth-order valence-corrected chi connectivity index (χ4v) is 6.06. The van der Waals surface area contributed by atoms with Crippen molar-refractivity contribution in [3.63, 3.8) is 0 Å². The van der Waals surface area contributed by atoms with Crippen LogP contribution in [0.4, 0.5) is 0 Å². The second-order valence-corrected chi connectivity index (χ2v) is 11.5. The molecule has 5 heterocycles. The normalized spacial score (nSPS) is 24.3. The molecule has 3 saturated heterocycles. The summed E-state index contributed by atoms with van der Waals surface area (Å²) in [5.41, 5.74) is 4.98. The molecule has 6 rings (SSSR count). The summed E-state index contributed by atoms with van der Waals surface area (Å²) < 4.78 is 0. The Morgan fingerprint density at radius 1 is 1.26 bits per heavy atom. The minimum atomic E-state index is -0.824. The van der Waals surface area contributed by atoms with Crippen LogP contribution in [-0.4, -0.2) is 57.7 Å². The Bertz CT molecular complexity index is 1250. The van der Waals surface area contributed by atoms with Crippen LogP contribution in [0, 0.1) is 12.8 Å². The van der Waals surface area contributed by atoms with Gasteiger partial charge in [0.1, 0.15) is 0 Å². The van der Waals surface area contributed by atoms with E-state index in [1.54, 1.807) is 0 Å². The predicted octanol–water partition coefficient (Wildman–Crippen LogP) is 4.51. The fourth-order valence-electron chi connectivity index (χ4n) is 6.06. The Hall–Kier alpha value is -2.70. The number of aromatic nitrogens is 2. The van der Waals surface area contributed by atoms with Gasteiger partial charge in [0.25, 0.3) is 0 Å². The molecule has 6 nitrogen and oxygen atoms in total. The Morgan fingerprint density at radius 3 is 2.63 bits per heavy atom. The second kappa shape index (κ2) is 8.75. The van der Waals surface area contributed by atoms with E-state index in [-0.39, 0.29) is 11.8 Å². The monoisotopic (exact) mass is 474 g/mol. The molecule has 1 aromatic carbocycles. The zero-order valence-electron chi connectivity index (χ0n) is 21.6. The van der Waals surface area contributed by atoms with Gasteiger partial charge in [-0.25, -0.2) is 0 Å². The number of aromatic amines is 1. The van der Waals surface area contributed by atoms with Gasteiger partial charge in [-0.3, -0.25) is 9.78 Å². The number of benzene rings is 1. The first kappa shape index (κ1) is 24.0. The number of pyridine rings is 1. The van der Waals surface area contributed by atoms with E-state index in [1.807, 2.05) is 39.1 Å². The van der Waals surface area contributed by atoms with Gasteiger partial charge in [-0.15, -0.1) is 0 Å². The maximum absolute atomic E-state index is 13.4. The second-order valence-electron chi connectivity index (χ2n) is 11.5.